The third-order valence-corrected chi connectivity index (χ3v) is 3.31. The lowest BCUT2D eigenvalue weighted by Crippen LogP contribution is -2.25. The molecule has 2 rings (SSSR count). The molecular formula is C15H20N4O. The topological polar surface area (TPSA) is 70.9 Å². The molecule has 2 unspecified atom stereocenters. The van der Waals surface area contributed by atoms with Crippen LogP contribution in [0.5, 0.6) is 0 Å². The molecular weight excluding hydrogens is 252 g/mol. The van der Waals surface area contributed by atoms with Gasteiger partial charge in [0.25, 0.3) is 0 Å². The molecule has 0 saturated heterocycles. The normalized spacial score (nSPS) is 14.0. The predicted molar refractivity (Wildman–Crippen MR) is 77.1 cm³/mol. The third kappa shape index (κ3) is 3.59. The van der Waals surface area contributed by atoms with E-state index >= 15 is 0 Å². The highest BCUT2D eigenvalue weighted by Gasteiger charge is 2.13. The van der Waals surface area contributed by atoms with Gasteiger partial charge in [-0.1, -0.05) is 0 Å². The van der Waals surface area contributed by atoms with Gasteiger partial charge in [0, 0.05) is 42.4 Å². The van der Waals surface area contributed by atoms with Crippen LogP contribution < -0.4 is 5.32 Å². The molecule has 0 bridgehead atoms. The minimum Gasteiger partial charge on any atom is -0.387 e. The van der Waals surface area contributed by atoms with Crippen molar-refractivity contribution in [2.45, 2.75) is 32.9 Å². The van der Waals surface area contributed by atoms with Gasteiger partial charge in [0.2, 0.25) is 0 Å². The lowest BCUT2D eigenvalue weighted by Gasteiger charge is -2.18. The summed E-state index contributed by atoms with van der Waals surface area (Å²) in [5, 5.41) is 13.4. The van der Waals surface area contributed by atoms with E-state index in [2.05, 4.69) is 20.3 Å². The Kier molecular flexibility index (Phi) is 4.76. The van der Waals surface area contributed by atoms with Crippen molar-refractivity contribution in [2.24, 2.45) is 0 Å². The fraction of sp³-hybridized carbons (Fsp3) is 0.400. The molecule has 2 atom stereocenters. The maximum atomic E-state index is 10.1. The van der Waals surface area contributed by atoms with Crippen LogP contribution >= 0.6 is 0 Å². The highest BCUT2D eigenvalue weighted by molar-refractivity contribution is 5.20. The number of rotatable bonds is 5. The number of aliphatic hydroxyl groups excluding tert-OH is 1. The summed E-state index contributed by atoms with van der Waals surface area (Å²) in [6.45, 7) is 6.36. The van der Waals surface area contributed by atoms with Crippen LogP contribution in [0.2, 0.25) is 0 Å². The van der Waals surface area contributed by atoms with Crippen molar-refractivity contribution in [3.05, 3.63) is 53.4 Å². The summed E-state index contributed by atoms with van der Waals surface area (Å²) in [6.07, 6.45) is 4.65. The van der Waals surface area contributed by atoms with Crippen molar-refractivity contribution in [1.82, 2.24) is 20.3 Å². The molecule has 5 heteroatoms. The number of hydrogen-bond acceptors (Lipinski definition) is 5. The van der Waals surface area contributed by atoms with Gasteiger partial charge >= 0.3 is 0 Å². The number of aryl methyl sites for hydroxylation is 2. The second-order valence-electron chi connectivity index (χ2n) is 4.88. The summed E-state index contributed by atoms with van der Waals surface area (Å²) in [7, 11) is 0. The molecule has 0 aliphatic carbocycles. The molecule has 5 nitrogen and oxygen atoms in total. The molecule has 0 amide bonds. The van der Waals surface area contributed by atoms with Crippen LogP contribution in [0.15, 0.2) is 30.7 Å². The number of hydrogen-bond donors (Lipinski definition) is 2. The summed E-state index contributed by atoms with van der Waals surface area (Å²) in [4.78, 5) is 12.5. The third-order valence-electron chi connectivity index (χ3n) is 3.31. The van der Waals surface area contributed by atoms with Crippen molar-refractivity contribution < 1.29 is 5.11 Å². The molecule has 0 saturated carbocycles. The fourth-order valence-corrected chi connectivity index (χ4v) is 2.12. The second kappa shape index (κ2) is 6.54. The fourth-order valence-electron chi connectivity index (χ4n) is 2.12. The zero-order valence-corrected chi connectivity index (χ0v) is 12.0. The van der Waals surface area contributed by atoms with E-state index in [4.69, 9.17) is 0 Å². The van der Waals surface area contributed by atoms with E-state index in [1.165, 1.54) is 0 Å². The average Bonchev–Trinajstić information content (AvgIpc) is 2.45. The molecule has 0 spiro atoms. The first-order valence-corrected chi connectivity index (χ1v) is 6.69. The van der Waals surface area contributed by atoms with Crippen molar-refractivity contribution in [3.63, 3.8) is 0 Å². The Hall–Kier alpha value is -1.85. The summed E-state index contributed by atoms with van der Waals surface area (Å²) in [5.74, 6) is 0.773. The zero-order valence-electron chi connectivity index (χ0n) is 12.0. The minimum absolute atomic E-state index is 0.0899. The standard InChI is InChI=1S/C15H20N4O/c1-10(14-8-18-12(3)19-11(14)2)17-9-15(20)13-4-6-16-7-5-13/h4-8,10,15,17,20H,9H2,1-3H3. The zero-order chi connectivity index (χ0) is 14.5. The Balaban J connectivity index is 1.96. The Morgan fingerprint density at radius 3 is 2.60 bits per heavy atom. The van der Waals surface area contributed by atoms with Crippen molar-refractivity contribution in [3.8, 4) is 0 Å². The van der Waals surface area contributed by atoms with Crippen LogP contribution in [0, 0.1) is 13.8 Å². The van der Waals surface area contributed by atoms with Gasteiger partial charge in [0.1, 0.15) is 5.82 Å². The molecule has 2 aromatic rings. The van der Waals surface area contributed by atoms with E-state index < -0.39 is 6.10 Å². The first-order chi connectivity index (χ1) is 9.58. The maximum absolute atomic E-state index is 10.1. The van der Waals surface area contributed by atoms with E-state index in [-0.39, 0.29) is 6.04 Å². The SMILES string of the molecule is Cc1ncc(C(C)NCC(O)c2ccncc2)c(C)n1. The van der Waals surface area contributed by atoms with Crippen LogP contribution in [0.3, 0.4) is 0 Å². The molecule has 106 valence electrons. The summed E-state index contributed by atoms with van der Waals surface area (Å²) < 4.78 is 0. The van der Waals surface area contributed by atoms with Crippen LogP contribution in [0.1, 0.15) is 41.7 Å². The van der Waals surface area contributed by atoms with Gasteiger partial charge in [-0.2, -0.15) is 0 Å². The van der Waals surface area contributed by atoms with E-state index in [9.17, 15) is 5.11 Å². The number of aliphatic hydroxyl groups is 1. The van der Waals surface area contributed by atoms with Crippen LogP contribution in [0.4, 0.5) is 0 Å². The number of aromatic nitrogens is 3. The van der Waals surface area contributed by atoms with Gasteiger partial charge in [-0.25, -0.2) is 9.97 Å². The van der Waals surface area contributed by atoms with Gasteiger partial charge in [-0.15, -0.1) is 0 Å². The molecule has 2 heterocycles. The summed E-state index contributed by atoms with van der Waals surface area (Å²) in [5.41, 5.74) is 2.88. The second-order valence-corrected chi connectivity index (χ2v) is 4.88. The summed E-state index contributed by atoms with van der Waals surface area (Å²) in [6, 6.07) is 3.72. The van der Waals surface area contributed by atoms with Gasteiger partial charge in [0.05, 0.1) is 6.10 Å². The monoisotopic (exact) mass is 272 g/mol. The molecule has 0 aliphatic rings. The Morgan fingerprint density at radius 1 is 1.25 bits per heavy atom. The van der Waals surface area contributed by atoms with Crippen molar-refractivity contribution in [1.29, 1.82) is 0 Å². The lowest BCUT2D eigenvalue weighted by molar-refractivity contribution is 0.170. The van der Waals surface area contributed by atoms with Crippen LogP contribution in [-0.4, -0.2) is 26.6 Å². The highest BCUT2D eigenvalue weighted by atomic mass is 16.3. The molecule has 2 aromatic heterocycles. The quantitative estimate of drug-likeness (QED) is 0.869. The summed E-state index contributed by atoms with van der Waals surface area (Å²) >= 11 is 0. The first kappa shape index (κ1) is 14.6. The molecule has 2 N–H and O–H groups in total. The van der Waals surface area contributed by atoms with Crippen molar-refractivity contribution in [2.75, 3.05) is 6.54 Å². The van der Waals surface area contributed by atoms with E-state index in [1.807, 2.05) is 39.1 Å². The molecule has 0 radical (unpaired) electrons. The predicted octanol–water partition coefficient (Wildman–Crippen LogP) is 1.87. The van der Waals surface area contributed by atoms with Crippen molar-refractivity contribution >= 4 is 0 Å². The van der Waals surface area contributed by atoms with E-state index in [1.54, 1.807) is 12.4 Å². The van der Waals surface area contributed by atoms with Gasteiger partial charge < -0.3 is 10.4 Å². The largest absolute Gasteiger partial charge is 0.387 e. The minimum atomic E-state index is -0.549. The van der Waals surface area contributed by atoms with Gasteiger partial charge in [-0.3, -0.25) is 4.98 Å². The lowest BCUT2D eigenvalue weighted by atomic mass is 10.1. The Bertz CT molecular complexity index is 559. The molecule has 0 fully saturated rings. The highest BCUT2D eigenvalue weighted by Crippen LogP contribution is 2.16. The van der Waals surface area contributed by atoms with Gasteiger partial charge in [-0.05, 0) is 38.5 Å². The number of nitrogens with one attached hydrogen (secondary N) is 1. The Labute approximate surface area is 119 Å². The molecule has 20 heavy (non-hydrogen) atoms. The van der Waals surface area contributed by atoms with E-state index in [0.29, 0.717) is 6.54 Å². The van der Waals surface area contributed by atoms with Gasteiger partial charge in [0.15, 0.2) is 0 Å². The van der Waals surface area contributed by atoms with E-state index in [0.717, 1.165) is 22.6 Å². The smallest absolute Gasteiger partial charge is 0.125 e. The van der Waals surface area contributed by atoms with Crippen LogP contribution in [0.25, 0.3) is 0 Å². The average molecular weight is 272 g/mol. The molecule has 0 aliphatic heterocycles. The molecule has 0 aromatic carbocycles. The Morgan fingerprint density at radius 2 is 1.95 bits per heavy atom. The number of nitrogens with zero attached hydrogens (tertiary/aromatic N) is 3. The van der Waals surface area contributed by atoms with Crippen LogP contribution in [-0.2, 0) is 0 Å². The number of pyridine rings is 1. The first-order valence-electron chi connectivity index (χ1n) is 6.69. The maximum Gasteiger partial charge on any atom is 0.125 e.